The minimum absolute atomic E-state index is 0.0134. The number of rotatable bonds is 5. The number of hydrogen-bond donors (Lipinski definition) is 1. The first-order valence-electron chi connectivity index (χ1n) is 10.5. The molecule has 0 aliphatic carbocycles. The Hall–Kier alpha value is -3.68. The van der Waals surface area contributed by atoms with E-state index in [-0.39, 0.29) is 22.0 Å². The summed E-state index contributed by atoms with van der Waals surface area (Å²) in [5.74, 6) is -2.14. The summed E-state index contributed by atoms with van der Waals surface area (Å²) in [5, 5.41) is 3.86. The molecule has 4 aromatic rings. The molecule has 0 aliphatic rings. The fourth-order valence-corrected chi connectivity index (χ4v) is 4.01. The number of aromatic nitrogens is 1. The van der Waals surface area contributed by atoms with Crippen LogP contribution in [0, 0.1) is 5.82 Å². The molecule has 1 atom stereocenters. The minimum atomic E-state index is -1.23. The van der Waals surface area contributed by atoms with Gasteiger partial charge in [-0.05, 0) is 54.3 Å². The van der Waals surface area contributed by atoms with Crippen LogP contribution in [0.25, 0.3) is 21.9 Å². The maximum Gasteiger partial charge on any atom is 0.356 e. The molecular formula is C26H19Cl2FN2O4. The largest absolute Gasteiger partial charge is 0.448 e. The van der Waals surface area contributed by atoms with Gasteiger partial charge in [-0.2, -0.15) is 0 Å². The Morgan fingerprint density at radius 2 is 1.66 bits per heavy atom. The lowest BCUT2D eigenvalue weighted by atomic mass is 9.96. The molecule has 1 unspecified atom stereocenters. The van der Waals surface area contributed by atoms with Crippen molar-refractivity contribution in [1.82, 2.24) is 4.57 Å². The highest BCUT2D eigenvalue weighted by Gasteiger charge is 2.26. The number of carbonyl (C=O) groups excluding carboxylic acids is 2. The van der Waals surface area contributed by atoms with Crippen molar-refractivity contribution in [3.05, 3.63) is 98.6 Å². The molecule has 9 heteroatoms. The number of halogens is 3. The second kappa shape index (κ2) is 9.90. The smallest absolute Gasteiger partial charge is 0.356 e. The summed E-state index contributed by atoms with van der Waals surface area (Å²) in [6, 6.07) is 17.4. The van der Waals surface area contributed by atoms with Gasteiger partial charge >= 0.3 is 5.97 Å². The third-order valence-corrected chi connectivity index (χ3v) is 6.01. The van der Waals surface area contributed by atoms with Gasteiger partial charge in [-0.1, -0.05) is 53.5 Å². The molecule has 3 aromatic carbocycles. The van der Waals surface area contributed by atoms with Crippen molar-refractivity contribution in [3.8, 4) is 11.1 Å². The van der Waals surface area contributed by atoms with Crippen molar-refractivity contribution in [1.29, 1.82) is 0 Å². The topological polar surface area (TPSA) is 77.4 Å². The van der Waals surface area contributed by atoms with Crippen LogP contribution in [-0.4, -0.2) is 22.5 Å². The Morgan fingerprint density at radius 3 is 2.31 bits per heavy atom. The average molecular weight is 513 g/mol. The number of fused-ring (bicyclic) bond motifs is 1. The van der Waals surface area contributed by atoms with Crippen LogP contribution in [0.4, 0.5) is 10.1 Å². The summed E-state index contributed by atoms with van der Waals surface area (Å²) in [6.07, 6.45) is -1.23. The number of nitrogens with zero attached hydrogens (tertiary/aromatic N) is 1. The Kier molecular flexibility index (Phi) is 6.91. The molecule has 0 radical (unpaired) electrons. The van der Waals surface area contributed by atoms with Gasteiger partial charge in [0.05, 0.1) is 5.02 Å². The highest BCUT2D eigenvalue weighted by atomic mass is 35.5. The molecule has 178 valence electrons. The second-order valence-electron chi connectivity index (χ2n) is 7.81. The number of nitrogens with one attached hydrogen (secondary N) is 1. The van der Waals surface area contributed by atoms with Crippen LogP contribution in [0.5, 0.6) is 0 Å². The van der Waals surface area contributed by atoms with E-state index in [1.54, 1.807) is 48.5 Å². The van der Waals surface area contributed by atoms with Gasteiger partial charge in [0.25, 0.3) is 11.5 Å². The Labute approximate surface area is 209 Å². The van der Waals surface area contributed by atoms with E-state index in [9.17, 15) is 18.8 Å². The molecule has 0 fully saturated rings. The molecule has 1 heterocycles. The Bertz CT molecular complexity index is 1520. The third-order valence-electron chi connectivity index (χ3n) is 5.47. The minimum Gasteiger partial charge on any atom is -0.448 e. The third kappa shape index (κ3) is 4.92. The molecule has 0 saturated heterocycles. The normalized spacial score (nSPS) is 11.8. The van der Waals surface area contributed by atoms with E-state index in [4.69, 9.17) is 27.9 Å². The average Bonchev–Trinajstić information content (AvgIpc) is 2.84. The predicted molar refractivity (Wildman–Crippen MR) is 135 cm³/mol. The van der Waals surface area contributed by atoms with Crippen LogP contribution in [0.1, 0.15) is 17.4 Å². The number of hydrogen-bond acceptors (Lipinski definition) is 4. The van der Waals surface area contributed by atoms with E-state index in [2.05, 4.69) is 5.32 Å². The predicted octanol–water partition coefficient (Wildman–Crippen LogP) is 5.84. The van der Waals surface area contributed by atoms with Crippen molar-refractivity contribution in [3.63, 3.8) is 0 Å². The van der Waals surface area contributed by atoms with Crippen LogP contribution in [0.15, 0.2) is 71.5 Å². The first-order chi connectivity index (χ1) is 16.7. The van der Waals surface area contributed by atoms with Gasteiger partial charge in [0.1, 0.15) is 11.5 Å². The number of amides is 1. The Balaban J connectivity index is 1.72. The number of esters is 1. The van der Waals surface area contributed by atoms with E-state index in [1.165, 1.54) is 30.7 Å². The fraction of sp³-hybridized carbons (Fsp3) is 0.115. The molecule has 0 bridgehead atoms. The van der Waals surface area contributed by atoms with E-state index in [0.29, 0.717) is 26.9 Å². The lowest BCUT2D eigenvalue weighted by molar-refractivity contribution is -0.123. The fourth-order valence-electron chi connectivity index (χ4n) is 3.70. The summed E-state index contributed by atoms with van der Waals surface area (Å²) in [7, 11) is 1.47. The zero-order valence-electron chi connectivity index (χ0n) is 18.6. The van der Waals surface area contributed by atoms with Gasteiger partial charge in [0.2, 0.25) is 0 Å². The summed E-state index contributed by atoms with van der Waals surface area (Å²) < 4.78 is 20.0. The summed E-state index contributed by atoms with van der Waals surface area (Å²) >= 11 is 11.8. The Morgan fingerprint density at radius 1 is 1.00 bits per heavy atom. The van der Waals surface area contributed by atoms with Gasteiger partial charge in [-0.3, -0.25) is 9.59 Å². The summed E-state index contributed by atoms with van der Waals surface area (Å²) in [5.41, 5.74) is 0.960. The van der Waals surface area contributed by atoms with Gasteiger partial charge in [-0.15, -0.1) is 0 Å². The van der Waals surface area contributed by atoms with E-state index in [1.807, 2.05) is 0 Å². The number of anilines is 1. The molecule has 6 nitrogen and oxygen atoms in total. The molecule has 4 rings (SSSR count). The van der Waals surface area contributed by atoms with Crippen molar-refractivity contribution < 1.29 is 18.7 Å². The lowest BCUT2D eigenvalue weighted by Crippen LogP contribution is -2.32. The van der Waals surface area contributed by atoms with Gasteiger partial charge in [0, 0.05) is 28.7 Å². The van der Waals surface area contributed by atoms with Crippen LogP contribution in [-0.2, 0) is 16.6 Å². The molecule has 0 spiro atoms. The molecule has 1 amide bonds. The van der Waals surface area contributed by atoms with Crippen molar-refractivity contribution in [2.45, 2.75) is 13.0 Å². The second-order valence-corrected chi connectivity index (χ2v) is 8.65. The standard InChI is InChI=1S/C26H19Cl2FN2O4/c1-14(24(32)30-17-11-12-21(29)20(28)13-17)35-26(34)23-22(15-7-9-16(27)10-8-15)18-5-3-4-6-19(18)25(33)31(23)2/h3-14H,1-2H3,(H,30,32). The highest BCUT2D eigenvalue weighted by molar-refractivity contribution is 6.31. The number of benzene rings is 3. The summed E-state index contributed by atoms with van der Waals surface area (Å²) in [6.45, 7) is 1.39. The highest BCUT2D eigenvalue weighted by Crippen LogP contribution is 2.32. The van der Waals surface area contributed by atoms with Gasteiger partial charge in [0.15, 0.2) is 6.10 Å². The first-order valence-corrected chi connectivity index (χ1v) is 11.3. The maximum absolute atomic E-state index is 13.4. The first kappa shape index (κ1) is 24.4. The SMILES string of the molecule is CC(OC(=O)c1c(-c2ccc(Cl)cc2)c2ccccc2c(=O)n1C)C(=O)Nc1ccc(F)c(Cl)c1. The monoisotopic (exact) mass is 512 g/mol. The van der Waals surface area contributed by atoms with Gasteiger partial charge < -0.3 is 14.6 Å². The van der Waals surface area contributed by atoms with E-state index in [0.717, 1.165) is 6.07 Å². The summed E-state index contributed by atoms with van der Waals surface area (Å²) in [4.78, 5) is 39.0. The van der Waals surface area contributed by atoms with Gasteiger partial charge in [-0.25, -0.2) is 9.18 Å². The molecule has 0 saturated carbocycles. The molecule has 0 aliphatic heterocycles. The lowest BCUT2D eigenvalue weighted by Gasteiger charge is -2.19. The van der Waals surface area contributed by atoms with Crippen molar-refractivity contribution in [2.75, 3.05) is 5.32 Å². The van der Waals surface area contributed by atoms with E-state index < -0.39 is 23.8 Å². The van der Waals surface area contributed by atoms with Crippen LogP contribution < -0.4 is 10.9 Å². The maximum atomic E-state index is 13.4. The van der Waals surface area contributed by atoms with Crippen molar-refractivity contribution >= 4 is 51.5 Å². The zero-order valence-corrected chi connectivity index (χ0v) is 20.2. The zero-order chi connectivity index (χ0) is 25.3. The molecule has 1 aromatic heterocycles. The molecule has 1 N–H and O–H groups in total. The van der Waals surface area contributed by atoms with Crippen LogP contribution >= 0.6 is 23.2 Å². The molecule has 35 heavy (non-hydrogen) atoms. The van der Waals surface area contributed by atoms with E-state index >= 15 is 0 Å². The number of pyridine rings is 1. The van der Waals surface area contributed by atoms with Crippen LogP contribution in [0.3, 0.4) is 0 Å². The number of carbonyl (C=O) groups is 2. The number of ether oxygens (including phenoxy) is 1. The quantitative estimate of drug-likeness (QED) is 0.341. The molecular weight excluding hydrogens is 494 g/mol. The van der Waals surface area contributed by atoms with Crippen molar-refractivity contribution in [2.24, 2.45) is 7.05 Å². The van der Waals surface area contributed by atoms with Crippen LogP contribution in [0.2, 0.25) is 10.0 Å².